The summed E-state index contributed by atoms with van der Waals surface area (Å²) >= 11 is 0. The minimum absolute atomic E-state index is 0.327. The molecule has 8 heteroatoms. The molecule has 4 rings (SSSR count). The Morgan fingerprint density at radius 1 is 1.18 bits per heavy atom. The van der Waals surface area contributed by atoms with E-state index in [9.17, 15) is 13.2 Å². The number of hydrogen-bond donors (Lipinski definition) is 1. The Bertz CT molecular complexity index is 1280. The highest BCUT2D eigenvalue weighted by Crippen LogP contribution is 2.47. The van der Waals surface area contributed by atoms with Crippen LogP contribution in [0.2, 0.25) is 0 Å². The second-order valence-electron chi connectivity index (χ2n) is 10.1. The van der Waals surface area contributed by atoms with E-state index < -0.39 is 21.5 Å². The van der Waals surface area contributed by atoms with E-state index in [4.69, 9.17) is 14.5 Å². The molecule has 0 saturated heterocycles. The highest BCUT2D eigenvalue weighted by atomic mass is 32.2. The first-order chi connectivity index (χ1) is 15.3. The van der Waals surface area contributed by atoms with Crippen molar-refractivity contribution in [3.63, 3.8) is 0 Å². The van der Waals surface area contributed by atoms with Crippen LogP contribution >= 0.6 is 0 Å². The smallest absolute Gasteiger partial charge is 0.239 e. The number of carbonyl (C=O) groups is 1. The maximum atomic E-state index is 12.2. The number of fused-ring (bicyclic) bond motifs is 3. The second-order valence-corrected chi connectivity index (χ2v) is 12.2. The zero-order valence-corrected chi connectivity index (χ0v) is 20.7. The van der Waals surface area contributed by atoms with E-state index >= 15 is 0 Å². The summed E-state index contributed by atoms with van der Waals surface area (Å²) in [6.07, 6.45) is 2.53. The van der Waals surface area contributed by atoms with Gasteiger partial charge in [-0.25, -0.2) is 8.42 Å². The highest BCUT2D eigenvalue weighted by Gasteiger charge is 2.39. The van der Waals surface area contributed by atoms with E-state index in [0.29, 0.717) is 5.69 Å². The van der Waals surface area contributed by atoms with Gasteiger partial charge in [-0.05, 0) is 57.9 Å². The molecule has 2 aliphatic heterocycles. The van der Waals surface area contributed by atoms with Gasteiger partial charge in [-0.1, -0.05) is 12.1 Å². The van der Waals surface area contributed by atoms with Crippen LogP contribution in [-0.4, -0.2) is 50.3 Å². The molecule has 7 nitrogen and oxygen atoms in total. The molecule has 0 fully saturated rings. The van der Waals surface area contributed by atoms with E-state index in [2.05, 4.69) is 33.0 Å². The maximum absolute atomic E-state index is 12.2. The van der Waals surface area contributed by atoms with Crippen molar-refractivity contribution in [2.24, 2.45) is 4.99 Å². The lowest BCUT2D eigenvalue weighted by Gasteiger charge is -2.31. The Kier molecular flexibility index (Phi) is 5.55. The van der Waals surface area contributed by atoms with E-state index in [1.54, 1.807) is 13.2 Å². The van der Waals surface area contributed by atoms with Crippen molar-refractivity contribution in [3.05, 3.63) is 52.6 Å². The van der Waals surface area contributed by atoms with Crippen molar-refractivity contribution in [2.75, 3.05) is 24.4 Å². The van der Waals surface area contributed by atoms with Crippen LogP contribution in [0.15, 0.2) is 35.3 Å². The van der Waals surface area contributed by atoms with Crippen molar-refractivity contribution in [3.8, 4) is 11.5 Å². The van der Waals surface area contributed by atoms with E-state index in [-0.39, 0.29) is 11.1 Å². The Morgan fingerprint density at radius 2 is 1.91 bits per heavy atom. The highest BCUT2D eigenvalue weighted by molar-refractivity contribution is 7.91. The zero-order chi connectivity index (χ0) is 24.2. The summed E-state index contributed by atoms with van der Waals surface area (Å²) in [5.41, 5.74) is 4.80. The minimum atomic E-state index is -3.42. The van der Waals surface area contributed by atoms with Crippen LogP contribution in [0.3, 0.4) is 0 Å². The number of carbonyl (C=O) groups excluding carboxylic acids is 1. The molecule has 2 aliphatic rings. The SMILES string of the molecule is COc1cc2c(c3c1OC(C)(C)C3)C(c1cccc(NC(=O)CS(C)(=O)=O)c1)=NC(C)(C)C2. The molecule has 0 spiro atoms. The third-order valence-corrected chi connectivity index (χ3v) is 6.50. The molecule has 0 aliphatic carbocycles. The molecule has 33 heavy (non-hydrogen) atoms. The molecular formula is C25H30N2O5S. The number of ether oxygens (including phenoxy) is 2. The van der Waals surface area contributed by atoms with Gasteiger partial charge in [0.2, 0.25) is 5.91 Å². The number of methoxy groups -OCH3 is 1. The Hall–Kier alpha value is -2.87. The van der Waals surface area contributed by atoms with Gasteiger partial charge in [-0.3, -0.25) is 9.79 Å². The van der Waals surface area contributed by atoms with Gasteiger partial charge in [0.25, 0.3) is 0 Å². The van der Waals surface area contributed by atoms with Gasteiger partial charge in [0.15, 0.2) is 21.3 Å². The number of rotatable bonds is 5. The van der Waals surface area contributed by atoms with Crippen LogP contribution in [0.25, 0.3) is 0 Å². The standard InChI is InChI=1S/C25H30N2O5S/c1-24(2)12-16-11-19(31-5)23-18(13-25(3,4)32-23)21(16)22(27-24)15-8-7-9-17(10-15)26-20(28)14-33(6,29)30/h7-11H,12-14H2,1-6H3,(H,26,28). The van der Waals surface area contributed by atoms with Gasteiger partial charge < -0.3 is 14.8 Å². The second kappa shape index (κ2) is 7.87. The first-order valence-electron chi connectivity index (χ1n) is 10.9. The van der Waals surface area contributed by atoms with Gasteiger partial charge in [0.05, 0.1) is 18.4 Å². The monoisotopic (exact) mass is 470 g/mol. The number of hydrogen-bond acceptors (Lipinski definition) is 6. The van der Waals surface area contributed by atoms with Crippen molar-refractivity contribution in [2.45, 2.75) is 51.7 Å². The molecular weight excluding hydrogens is 440 g/mol. The van der Waals surface area contributed by atoms with Crippen molar-refractivity contribution >= 4 is 27.1 Å². The number of benzene rings is 2. The number of anilines is 1. The van der Waals surface area contributed by atoms with Crippen LogP contribution in [0, 0.1) is 0 Å². The van der Waals surface area contributed by atoms with E-state index in [1.807, 2.05) is 24.3 Å². The molecule has 0 aromatic heterocycles. The lowest BCUT2D eigenvalue weighted by Crippen LogP contribution is -2.30. The largest absolute Gasteiger partial charge is 0.493 e. The van der Waals surface area contributed by atoms with Crippen LogP contribution in [-0.2, 0) is 27.5 Å². The first-order valence-corrected chi connectivity index (χ1v) is 12.9. The average Bonchev–Trinajstić information content (AvgIpc) is 2.99. The lowest BCUT2D eigenvalue weighted by atomic mass is 9.81. The van der Waals surface area contributed by atoms with Gasteiger partial charge >= 0.3 is 0 Å². The normalized spacial score (nSPS) is 17.9. The fourth-order valence-corrected chi connectivity index (χ4v) is 5.16. The molecule has 0 unspecified atom stereocenters. The summed E-state index contributed by atoms with van der Waals surface area (Å²) in [5, 5.41) is 2.69. The minimum Gasteiger partial charge on any atom is -0.493 e. The van der Waals surface area contributed by atoms with Crippen LogP contribution in [0.5, 0.6) is 11.5 Å². The van der Waals surface area contributed by atoms with Crippen molar-refractivity contribution < 1.29 is 22.7 Å². The Labute approximate surface area is 195 Å². The fraction of sp³-hybridized carbons (Fsp3) is 0.440. The molecule has 2 aromatic carbocycles. The average molecular weight is 471 g/mol. The van der Waals surface area contributed by atoms with Gasteiger partial charge in [-0.2, -0.15) is 0 Å². The fourth-order valence-electron chi connectivity index (χ4n) is 4.61. The molecule has 176 valence electrons. The predicted octanol–water partition coefficient (Wildman–Crippen LogP) is 3.56. The maximum Gasteiger partial charge on any atom is 0.239 e. The molecule has 0 saturated carbocycles. The topological polar surface area (TPSA) is 94.1 Å². The van der Waals surface area contributed by atoms with Crippen molar-refractivity contribution in [1.82, 2.24) is 0 Å². The van der Waals surface area contributed by atoms with Gasteiger partial charge in [-0.15, -0.1) is 0 Å². The number of nitrogens with one attached hydrogen (secondary N) is 1. The third-order valence-electron chi connectivity index (χ3n) is 5.71. The molecule has 0 radical (unpaired) electrons. The quantitative estimate of drug-likeness (QED) is 0.721. The number of aliphatic imine (C=N–C) groups is 1. The van der Waals surface area contributed by atoms with E-state index in [0.717, 1.165) is 58.6 Å². The molecule has 0 atom stereocenters. The lowest BCUT2D eigenvalue weighted by molar-refractivity contribution is -0.113. The van der Waals surface area contributed by atoms with Gasteiger partial charge in [0.1, 0.15) is 11.4 Å². The molecule has 2 aromatic rings. The van der Waals surface area contributed by atoms with Crippen LogP contribution in [0.1, 0.15) is 49.9 Å². The summed E-state index contributed by atoms with van der Waals surface area (Å²) in [6.45, 7) is 8.29. The summed E-state index contributed by atoms with van der Waals surface area (Å²) in [5.74, 6) is 0.356. The number of sulfone groups is 1. The first kappa shape index (κ1) is 23.3. The molecule has 2 heterocycles. The summed E-state index contributed by atoms with van der Waals surface area (Å²) in [7, 11) is -1.76. The summed E-state index contributed by atoms with van der Waals surface area (Å²) in [6, 6.07) is 9.41. The molecule has 1 amide bonds. The predicted molar refractivity (Wildman–Crippen MR) is 130 cm³/mol. The van der Waals surface area contributed by atoms with E-state index in [1.165, 1.54) is 0 Å². The number of amides is 1. The van der Waals surface area contributed by atoms with Crippen LogP contribution < -0.4 is 14.8 Å². The molecule has 1 N–H and O–H groups in total. The Balaban J connectivity index is 1.81. The summed E-state index contributed by atoms with van der Waals surface area (Å²) in [4.78, 5) is 17.3. The summed E-state index contributed by atoms with van der Waals surface area (Å²) < 4.78 is 34.8. The Morgan fingerprint density at radius 3 is 2.58 bits per heavy atom. The molecule has 0 bridgehead atoms. The van der Waals surface area contributed by atoms with Crippen molar-refractivity contribution in [1.29, 1.82) is 0 Å². The zero-order valence-electron chi connectivity index (χ0n) is 19.9. The van der Waals surface area contributed by atoms with Gasteiger partial charge in [0, 0.05) is 35.1 Å². The third kappa shape index (κ3) is 4.90. The van der Waals surface area contributed by atoms with Crippen LogP contribution in [0.4, 0.5) is 5.69 Å². The number of nitrogens with zero attached hydrogens (tertiary/aromatic N) is 1.